The number of hydrogen-bond donors (Lipinski definition) is 0. The van der Waals surface area contributed by atoms with Crippen molar-refractivity contribution in [1.29, 1.82) is 0 Å². The van der Waals surface area contributed by atoms with E-state index < -0.39 is 114 Å². The van der Waals surface area contributed by atoms with Gasteiger partial charge in [0.2, 0.25) is 33.3 Å². The van der Waals surface area contributed by atoms with Crippen molar-refractivity contribution >= 4 is 53.5 Å². The Balaban J connectivity index is 2.76. The normalized spacial score (nSPS) is 26.1. The van der Waals surface area contributed by atoms with E-state index >= 15 is 0 Å². The Bertz CT molecular complexity index is 2140. The monoisotopic (exact) mass is 1170 g/mol. The molecule has 0 N–H and O–H groups in total. The zero-order valence-corrected chi connectivity index (χ0v) is 57.5. The van der Waals surface area contributed by atoms with Gasteiger partial charge in [0.05, 0.1) is 49.8 Å². The molecule has 0 saturated carbocycles. The molecule has 76 heavy (non-hydrogen) atoms. The Labute approximate surface area is 469 Å². The van der Waals surface area contributed by atoms with E-state index in [0.29, 0.717) is 0 Å². The lowest BCUT2D eigenvalue weighted by molar-refractivity contribution is -0.167. The minimum atomic E-state index is -3.94. The quantitative estimate of drug-likeness (QED) is 0.0462. The Morgan fingerprint density at radius 1 is 0.342 bits per heavy atom. The van der Waals surface area contributed by atoms with Crippen LogP contribution in [0.3, 0.4) is 0 Å². The molecule has 0 radical (unpaired) electrons. The lowest BCUT2D eigenvalue weighted by atomic mass is 9.86. The van der Waals surface area contributed by atoms with E-state index in [2.05, 4.69) is 214 Å². The summed E-state index contributed by atoms with van der Waals surface area (Å²) in [5.41, 5.74) is 2.12. The second-order valence-corrected chi connectivity index (χ2v) is 50.8. The van der Waals surface area contributed by atoms with E-state index in [-0.39, 0.29) is 79.7 Å². The molecule has 0 aromatic carbocycles. The van der Waals surface area contributed by atoms with Gasteiger partial charge in [-0.05, 0) is 90.2 Å². The van der Waals surface area contributed by atoms with Crippen LogP contribution in [-0.4, -0.2) is 125 Å². The molecule has 18 heteroatoms. The summed E-state index contributed by atoms with van der Waals surface area (Å²) in [5.74, 6) is 25.2. The van der Waals surface area contributed by atoms with E-state index in [1.807, 2.05) is 0 Å². The van der Waals surface area contributed by atoms with Crippen molar-refractivity contribution in [1.82, 2.24) is 0 Å². The maximum atomic E-state index is 12.9. The fraction of sp³-hybridized carbons (Fsp3) is 0.862. The Kier molecular flexibility index (Phi) is 25.1. The van der Waals surface area contributed by atoms with Gasteiger partial charge in [0.1, 0.15) is 36.6 Å². The molecule has 0 amide bonds. The van der Waals surface area contributed by atoms with Crippen LogP contribution in [0, 0.1) is 59.2 Å². The predicted molar refractivity (Wildman–Crippen MR) is 321 cm³/mol. The van der Waals surface area contributed by atoms with Gasteiger partial charge in [-0.2, -0.15) is 16.8 Å². The van der Waals surface area contributed by atoms with Crippen molar-refractivity contribution in [3.8, 4) is 47.4 Å². The number of ether oxygens (including phenoxy) is 2. The van der Waals surface area contributed by atoms with Gasteiger partial charge in [0.25, 0.3) is 20.2 Å². The smallest absolute Gasteiger partial charge is 0.264 e. The zero-order chi connectivity index (χ0) is 58.4. The van der Waals surface area contributed by atoms with Crippen molar-refractivity contribution in [2.75, 3.05) is 25.7 Å². The molecule has 6 rings (SSSR count). The molecule has 6 aliphatic rings. The molecule has 10 atom stereocenters. The van der Waals surface area contributed by atoms with Crippen molar-refractivity contribution < 1.29 is 52.4 Å². The molecular formula is C58H104O12S2Si4. The van der Waals surface area contributed by atoms with Crippen LogP contribution in [0.2, 0.25) is 66.5 Å². The van der Waals surface area contributed by atoms with Crippen molar-refractivity contribution in [2.45, 2.75) is 281 Å². The number of rotatable bonds is 26. The molecule has 2 fully saturated rings. The first-order valence-corrected chi connectivity index (χ1v) is 40.7. The molecule has 5 aliphatic heterocycles. The second-order valence-electron chi connectivity index (χ2n) is 25.9. The Hall–Kier alpha value is -1.31. The molecule has 1 aliphatic carbocycles. The molecule has 0 spiro atoms. The zero-order valence-electron chi connectivity index (χ0n) is 51.8. The third-order valence-electron chi connectivity index (χ3n) is 17.5. The summed E-state index contributed by atoms with van der Waals surface area (Å²) in [6.45, 7) is 53.0. The summed E-state index contributed by atoms with van der Waals surface area (Å²) in [7, 11) is -18.9. The van der Waals surface area contributed by atoms with E-state index in [4.69, 9.17) is 35.5 Å². The molecule has 12 nitrogen and oxygen atoms in total. The lowest BCUT2D eigenvalue weighted by Gasteiger charge is -2.54. The van der Waals surface area contributed by atoms with Gasteiger partial charge in [0, 0.05) is 0 Å². The number of hydrogen-bond acceptors (Lipinski definition) is 12. The third-order valence-corrected chi connectivity index (χ3v) is 43.0. The molecule has 436 valence electrons. The summed E-state index contributed by atoms with van der Waals surface area (Å²) in [5, 5.41) is 0. The van der Waals surface area contributed by atoms with Crippen LogP contribution >= 0.6 is 0 Å². The summed E-state index contributed by atoms with van der Waals surface area (Å²) in [6, 6.07) is 0. The standard InChI is InChI=1S/C58H104O12S2Si4/c1-37(2)73(38(3)4,39(5)6)67-55-49-31-27-28-32-50-54(36-64-72(26,61)62)66-52(58(70-76(46(19)20,47(21)22)48(23)24)56(50)68-74(40(7)8,41(9)10)42(11)12)34-30-29-33-51(65-53(49)35-63-71(25,59)60)57(55)69-75(43(13)14,44(15)16)45(17)18/h37-58H,35-36H2,1-26H3/t49-,50-,51-,52-,53-,54-,55+,56+,57-,58?/m1/s1. The van der Waals surface area contributed by atoms with Crippen molar-refractivity contribution in [3.05, 3.63) is 0 Å². The van der Waals surface area contributed by atoms with Gasteiger partial charge in [0.15, 0.2) is 0 Å². The van der Waals surface area contributed by atoms with Crippen LogP contribution in [0.5, 0.6) is 0 Å². The largest absolute Gasteiger partial charge is 0.409 e. The van der Waals surface area contributed by atoms with Crippen molar-refractivity contribution in [3.63, 3.8) is 0 Å². The lowest BCUT2D eigenvalue weighted by Crippen LogP contribution is -2.65. The van der Waals surface area contributed by atoms with E-state index in [1.165, 1.54) is 0 Å². The fourth-order valence-corrected chi connectivity index (χ4v) is 37.7. The van der Waals surface area contributed by atoms with Crippen LogP contribution in [0.25, 0.3) is 0 Å². The predicted octanol–water partition coefficient (Wildman–Crippen LogP) is 13.0. The minimum Gasteiger partial charge on any atom is -0.409 e. The summed E-state index contributed by atoms with van der Waals surface area (Å²) in [6.07, 6.45) is -4.78. The molecule has 4 bridgehead atoms. The SMILES string of the molecule is CC(C)[Si](OC1[C@@H](O[Si](C(C)C)(C(C)C)C(C)C)[C@@H]2C#CC#C[C@H]3[C@H](O[Si](C(C)C)(C(C)C)C(C)C)[C@H](O[Si](C(C)C)(C(C)C)C(C)C)[C@@H](C#CC#C[C@H]1O[C@@H]2COS(C)(=O)=O)O[C@@H]3COS(C)(=O)=O)(C(C)C)C(C)C. The molecule has 0 aromatic rings. The highest BCUT2D eigenvalue weighted by atomic mass is 32.2. The summed E-state index contributed by atoms with van der Waals surface area (Å²) >= 11 is 0. The highest BCUT2D eigenvalue weighted by Gasteiger charge is 2.59. The fourth-order valence-electron chi connectivity index (χ4n) is 14.7. The molecule has 2 saturated heterocycles. The average Bonchev–Trinajstić information content (AvgIpc) is 3.26. The van der Waals surface area contributed by atoms with Crippen LogP contribution in [-0.2, 0) is 55.8 Å². The minimum absolute atomic E-state index is 0.168. The third kappa shape index (κ3) is 15.2. The maximum Gasteiger partial charge on any atom is 0.264 e. The van der Waals surface area contributed by atoms with Gasteiger partial charge in [-0.15, -0.1) is 0 Å². The van der Waals surface area contributed by atoms with Crippen LogP contribution in [0.1, 0.15) is 166 Å². The van der Waals surface area contributed by atoms with Gasteiger partial charge in [-0.1, -0.05) is 190 Å². The Morgan fingerprint density at radius 2 is 0.539 bits per heavy atom. The van der Waals surface area contributed by atoms with Gasteiger partial charge >= 0.3 is 0 Å². The topological polar surface area (TPSA) is 142 Å². The van der Waals surface area contributed by atoms with Crippen LogP contribution in [0.4, 0.5) is 0 Å². The van der Waals surface area contributed by atoms with Gasteiger partial charge in [-0.3, -0.25) is 8.37 Å². The molecule has 5 heterocycles. The summed E-state index contributed by atoms with van der Waals surface area (Å²) < 4.78 is 108. The van der Waals surface area contributed by atoms with E-state index in [1.54, 1.807) is 0 Å². The maximum absolute atomic E-state index is 12.9. The highest BCUT2D eigenvalue weighted by Crippen LogP contribution is 2.51. The molecular weight excluding hydrogens is 1070 g/mol. The van der Waals surface area contributed by atoms with Gasteiger partial charge < -0.3 is 27.2 Å². The van der Waals surface area contributed by atoms with Crippen LogP contribution in [0.15, 0.2) is 0 Å². The highest BCUT2D eigenvalue weighted by molar-refractivity contribution is 7.86. The first-order valence-electron chi connectivity index (χ1n) is 28.6. The summed E-state index contributed by atoms with van der Waals surface area (Å²) in [4.78, 5) is 0. The average molecular weight is 1170 g/mol. The van der Waals surface area contributed by atoms with E-state index in [9.17, 15) is 16.8 Å². The Morgan fingerprint density at radius 3 is 0.737 bits per heavy atom. The van der Waals surface area contributed by atoms with Crippen molar-refractivity contribution in [2.24, 2.45) is 11.8 Å². The van der Waals surface area contributed by atoms with Gasteiger partial charge in [-0.25, -0.2) is 0 Å². The first kappa shape index (κ1) is 69.0. The molecule has 1 unspecified atom stereocenters. The molecule has 0 aromatic heterocycles. The van der Waals surface area contributed by atoms with Crippen LogP contribution < -0.4 is 0 Å². The second kappa shape index (κ2) is 27.6. The first-order chi connectivity index (χ1) is 34.8. The van der Waals surface area contributed by atoms with E-state index in [0.717, 1.165) is 12.5 Å².